The smallest absolute Gasteiger partial charge is 0.440 e. The lowest BCUT2D eigenvalue weighted by atomic mass is 9.99. The Morgan fingerprint density at radius 2 is 1.72 bits per heavy atom. The summed E-state index contributed by atoms with van der Waals surface area (Å²) in [5.74, 6) is -0.0457. The molecule has 0 unspecified atom stereocenters. The molecule has 0 bridgehead atoms. The molecule has 11 nitrogen and oxygen atoms in total. The molecule has 0 saturated heterocycles. The zero-order valence-electron chi connectivity index (χ0n) is 21.3. The van der Waals surface area contributed by atoms with Crippen molar-refractivity contribution in [2.45, 2.75) is 26.1 Å². The molecule has 0 atom stereocenters. The zero-order valence-corrected chi connectivity index (χ0v) is 21.3. The van der Waals surface area contributed by atoms with Gasteiger partial charge in [-0.25, -0.2) is 14.6 Å². The molecule has 4 aromatic rings. The van der Waals surface area contributed by atoms with Gasteiger partial charge in [0, 0.05) is 0 Å². The molecule has 4 N–H and O–H groups in total. The summed E-state index contributed by atoms with van der Waals surface area (Å²) >= 11 is 0. The molecule has 1 aromatic heterocycles. The van der Waals surface area contributed by atoms with E-state index in [1.165, 1.54) is 0 Å². The Kier molecular flexibility index (Phi) is 8.97. The van der Waals surface area contributed by atoms with E-state index in [1.54, 1.807) is 30.3 Å². The third-order valence-electron chi connectivity index (χ3n) is 5.90. The number of ether oxygens (including phenoxy) is 2. The average molecular weight is 536 g/mol. The van der Waals surface area contributed by atoms with E-state index in [-0.39, 0.29) is 26.4 Å². The van der Waals surface area contributed by atoms with Gasteiger partial charge in [0.2, 0.25) is 0 Å². The van der Waals surface area contributed by atoms with Gasteiger partial charge in [-0.1, -0.05) is 36.4 Å². The molecule has 0 fully saturated rings. The van der Waals surface area contributed by atoms with Crippen molar-refractivity contribution in [2.75, 3.05) is 19.8 Å². The molecule has 4 rings (SSSR count). The number of nitrogens with one attached hydrogen (secondary N) is 2. The van der Waals surface area contributed by atoms with Crippen LogP contribution in [0.5, 0.6) is 11.5 Å². The lowest BCUT2D eigenvalue weighted by Crippen LogP contribution is -2.42. The Morgan fingerprint density at radius 1 is 0.974 bits per heavy atom. The maximum atomic E-state index is 11.9. The minimum Gasteiger partial charge on any atom is -0.489 e. The van der Waals surface area contributed by atoms with Crippen LogP contribution in [0.25, 0.3) is 11.1 Å². The first kappa shape index (κ1) is 27.4. The molecule has 0 spiro atoms. The number of amides is 1. The molecule has 0 aliphatic heterocycles. The van der Waals surface area contributed by atoms with E-state index in [1.807, 2.05) is 48.3 Å². The monoisotopic (exact) mass is 535 g/mol. The quantitative estimate of drug-likeness (QED) is 0.213. The molecular formula is C28H29N3O8. The van der Waals surface area contributed by atoms with E-state index < -0.39 is 23.4 Å². The topological polar surface area (TPSA) is 156 Å². The Morgan fingerprint density at radius 3 is 2.38 bits per heavy atom. The number of aliphatic hydroxyl groups is 2. The Bertz CT molecular complexity index is 1520. The van der Waals surface area contributed by atoms with Gasteiger partial charge in [0.25, 0.3) is 5.91 Å². The van der Waals surface area contributed by atoms with E-state index in [0.717, 1.165) is 32.6 Å². The molecule has 1 heterocycles. The fraction of sp³-hybridized carbons (Fsp3) is 0.250. The average Bonchev–Trinajstić information content (AvgIpc) is 3.26. The second-order valence-corrected chi connectivity index (χ2v) is 8.87. The summed E-state index contributed by atoms with van der Waals surface area (Å²) in [6.45, 7) is 1.48. The lowest BCUT2D eigenvalue weighted by Gasteiger charge is -2.14. The minimum atomic E-state index is -0.793. The van der Waals surface area contributed by atoms with Gasteiger partial charge in [0.1, 0.15) is 18.1 Å². The molecule has 0 aliphatic carbocycles. The van der Waals surface area contributed by atoms with E-state index in [2.05, 4.69) is 5.32 Å². The molecule has 0 radical (unpaired) electrons. The van der Waals surface area contributed by atoms with Crippen LogP contribution < -0.4 is 26.2 Å². The van der Waals surface area contributed by atoms with Crippen molar-refractivity contribution in [1.29, 1.82) is 0 Å². The first-order valence-electron chi connectivity index (χ1n) is 12.2. The highest BCUT2D eigenvalue weighted by atomic mass is 16.5. The van der Waals surface area contributed by atoms with Crippen molar-refractivity contribution in [3.05, 3.63) is 104 Å². The fourth-order valence-electron chi connectivity index (χ4n) is 3.89. The number of rotatable bonds is 12. The van der Waals surface area contributed by atoms with Gasteiger partial charge in [-0.2, -0.15) is 0 Å². The van der Waals surface area contributed by atoms with E-state index in [4.69, 9.17) is 24.2 Å². The SMILES string of the molecule is Cc1cc(OCC(=O)NC(CO)CO)ccc1-c1cccc(COc2ccc(Cn3oc(=O)[nH]c3=O)cc2)c1. The lowest BCUT2D eigenvalue weighted by molar-refractivity contribution is -0.124. The number of benzene rings is 3. The Hall–Kier alpha value is -4.61. The normalized spacial score (nSPS) is 11.0. The van der Waals surface area contributed by atoms with Crippen LogP contribution in [0, 0.1) is 6.92 Å². The Balaban J connectivity index is 1.34. The van der Waals surface area contributed by atoms with Crippen molar-refractivity contribution >= 4 is 5.91 Å². The summed E-state index contributed by atoms with van der Waals surface area (Å²) < 4.78 is 17.2. The minimum absolute atomic E-state index is 0.129. The molecular weight excluding hydrogens is 506 g/mol. The number of aromatic nitrogens is 2. The van der Waals surface area contributed by atoms with E-state index in [9.17, 15) is 14.4 Å². The number of nitrogens with zero attached hydrogens (tertiary/aromatic N) is 1. The van der Waals surface area contributed by atoms with Crippen LogP contribution in [0.3, 0.4) is 0 Å². The molecule has 39 heavy (non-hydrogen) atoms. The molecule has 0 aliphatic rings. The third-order valence-corrected chi connectivity index (χ3v) is 5.90. The summed E-state index contributed by atoms with van der Waals surface area (Å²) in [5.41, 5.74) is 4.11. The number of aromatic amines is 1. The standard InChI is InChI=1S/C28H29N3O8/c1-18-11-24(38-17-26(34)29-22(14-32)15-33)9-10-25(18)21-4-2-3-20(12-21)16-37-23-7-5-19(6-8-23)13-31-27(35)30-28(36)39-31/h2-12,22,32-33H,13-17H2,1H3,(H,29,34)(H,30,35,36). The Labute approximate surface area is 223 Å². The number of carbonyl (C=O) groups is 1. The fourth-order valence-corrected chi connectivity index (χ4v) is 3.89. The predicted molar refractivity (Wildman–Crippen MR) is 142 cm³/mol. The van der Waals surface area contributed by atoms with Gasteiger partial charge in [0.05, 0.1) is 25.8 Å². The van der Waals surface area contributed by atoms with Crippen LogP contribution in [0.1, 0.15) is 16.7 Å². The highest BCUT2D eigenvalue weighted by molar-refractivity contribution is 5.78. The number of H-pyrrole nitrogens is 1. The zero-order chi connectivity index (χ0) is 27.8. The number of hydrogen-bond acceptors (Lipinski definition) is 8. The van der Waals surface area contributed by atoms with Crippen LogP contribution in [-0.2, 0) is 17.9 Å². The van der Waals surface area contributed by atoms with E-state index in [0.29, 0.717) is 18.1 Å². The molecule has 204 valence electrons. The molecule has 1 amide bonds. The van der Waals surface area contributed by atoms with Gasteiger partial charge in [-0.3, -0.25) is 4.79 Å². The molecule has 0 saturated carbocycles. The van der Waals surface area contributed by atoms with Crippen LogP contribution in [0.15, 0.2) is 80.8 Å². The van der Waals surface area contributed by atoms with Gasteiger partial charge < -0.3 is 29.5 Å². The second-order valence-electron chi connectivity index (χ2n) is 8.87. The maximum absolute atomic E-state index is 11.9. The second kappa shape index (κ2) is 12.8. The summed E-state index contributed by atoms with van der Waals surface area (Å²) in [7, 11) is 0. The van der Waals surface area contributed by atoms with Crippen LogP contribution in [-0.4, -0.2) is 51.7 Å². The van der Waals surface area contributed by atoms with Crippen molar-refractivity contribution < 1.29 is 29.0 Å². The number of hydrogen-bond donors (Lipinski definition) is 4. The van der Waals surface area contributed by atoms with Gasteiger partial charge >= 0.3 is 11.4 Å². The predicted octanol–water partition coefficient (Wildman–Crippen LogP) is 1.58. The van der Waals surface area contributed by atoms with E-state index >= 15 is 0 Å². The van der Waals surface area contributed by atoms with Crippen molar-refractivity contribution in [1.82, 2.24) is 15.0 Å². The van der Waals surface area contributed by atoms with Crippen molar-refractivity contribution in [2.24, 2.45) is 0 Å². The summed E-state index contributed by atoms with van der Waals surface area (Å²) in [6, 6.07) is 19.9. The van der Waals surface area contributed by atoms with Crippen molar-refractivity contribution in [3.8, 4) is 22.6 Å². The summed E-state index contributed by atoms with van der Waals surface area (Å²) in [4.78, 5) is 36.7. The maximum Gasteiger partial charge on any atom is 0.440 e. The number of aryl methyl sites for hydroxylation is 1. The summed E-state index contributed by atoms with van der Waals surface area (Å²) in [6.07, 6.45) is 0. The summed E-state index contributed by atoms with van der Waals surface area (Å²) in [5, 5.41) is 20.6. The van der Waals surface area contributed by atoms with Crippen molar-refractivity contribution in [3.63, 3.8) is 0 Å². The molecule has 11 heteroatoms. The van der Waals surface area contributed by atoms with Crippen LogP contribution in [0.2, 0.25) is 0 Å². The van der Waals surface area contributed by atoms with Crippen LogP contribution >= 0.6 is 0 Å². The van der Waals surface area contributed by atoms with Crippen LogP contribution in [0.4, 0.5) is 0 Å². The number of aliphatic hydroxyl groups excluding tert-OH is 2. The third kappa shape index (κ3) is 7.46. The van der Waals surface area contributed by atoms with Gasteiger partial charge in [0.15, 0.2) is 6.61 Å². The first-order chi connectivity index (χ1) is 18.8. The highest BCUT2D eigenvalue weighted by Crippen LogP contribution is 2.28. The molecule has 3 aromatic carbocycles. The van der Waals surface area contributed by atoms with Gasteiger partial charge in [-0.05, 0) is 65.1 Å². The number of carbonyl (C=O) groups excluding carboxylic acids is 1. The van der Waals surface area contributed by atoms with Gasteiger partial charge in [-0.15, -0.1) is 4.74 Å². The first-order valence-corrected chi connectivity index (χ1v) is 12.2. The highest BCUT2D eigenvalue weighted by Gasteiger charge is 2.12. The largest absolute Gasteiger partial charge is 0.489 e.